The Bertz CT molecular complexity index is 1670. The maximum Gasteiger partial charge on any atom is 0.0448 e. The molecule has 0 nitrogen and oxygen atoms in total. The molecule has 0 aliphatic heterocycles. The van der Waals surface area contributed by atoms with Crippen molar-refractivity contribution in [2.75, 3.05) is 0 Å². The number of rotatable bonds is 0. The van der Waals surface area contributed by atoms with Gasteiger partial charge in [0.25, 0.3) is 0 Å². The molecule has 4 aromatic carbocycles. The van der Waals surface area contributed by atoms with Gasteiger partial charge in [-0.2, -0.15) is 0 Å². The van der Waals surface area contributed by atoms with Crippen molar-refractivity contribution >= 4 is 94.5 Å². The molecule has 0 unspecified atom stereocenters. The highest BCUT2D eigenvalue weighted by Gasteiger charge is 2.17. The molecule has 7 aromatic rings. The van der Waals surface area contributed by atoms with Crippen LogP contribution in [0.4, 0.5) is 0 Å². The Kier molecular flexibility index (Phi) is 2.74. The molecule has 0 saturated carbocycles. The van der Waals surface area contributed by atoms with Gasteiger partial charge in [0, 0.05) is 60.5 Å². The van der Waals surface area contributed by atoms with E-state index in [1.807, 2.05) is 34.0 Å². The number of fused-ring (bicyclic) bond motifs is 11. The van der Waals surface area contributed by atoms with Crippen molar-refractivity contribution in [2.45, 2.75) is 0 Å². The Morgan fingerprint density at radius 3 is 1.81 bits per heavy atom. The summed E-state index contributed by atoms with van der Waals surface area (Å²) in [5, 5.41) is 8.48. The summed E-state index contributed by atoms with van der Waals surface area (Å²) in [6.45, 7) is 0. The van der Waals surface area contributed by atoms with E-state index in [1.54, 1.807) is 0 Å². The molecule has 0 N–H and O–H groups in total. The first-order valence-corrected chi connectivity index (χ1v) is 11.4. The first kappa shape index (κ1) is 14.6. The van der Waals surface area contributed by atoms with E-state index in [9.17, 15) is 0 Å². The van der Waals surface area contributed by atoms with Crippen LogP contribution < -0.4 is 0 Å². The van der Waals surface area contributed by atoms with E-state index in [2.05, 4.69) is 72.8 Å². The van der Waals surface area contributed by atoms with Crippen molar-refractivity contribution in [3.8, 4) is 0 Å². The summed E-state index contributed by atoms with van der Waals surface area (Å²) in [7, 11) is 0. The monoisotopic (exact) mass is 396 g/mol. The largest absolute Gasteiger partial charge is 0.135 e. The van der Waals surface area contributed by atoms with E-state index in [0.29, 0.717) is 0 Å². The van der Waals surface area contributed by atoms with Crippen molar-refractivity contribution in [1.29, 1.82) is 0 Å². The fourth-order valence-corrected chi connectivity index (χ4v) is 7.90. The van der Waals surface area contributed by atoms with Crippen LogP contribution in [-0.2, 0) is 0 Å². The van der Waals surface area contributed by atoms with Gasteiger partial charge in [-0.25, -0.2) is 0 Å². The standard InChI is InChI=1S/C24H12S3/c1-3-7-16-13(5-1)14-9-10-20-23(24(14)27-16)22-19(26-20)12-11-18-21(22)15-6-2-4-8-17(15)25-18/h1-12H. The molecule has 126 valence electrons. The number of hydrogen-bond donors (Lipinski definition) is 0. The molecule has 7 rings (SSSR count). The highest BCUT2D eigenvalue weighted by atomic mass is 32.1. The van der Waals surface area contributed by atoms with E-state index in [0.717, 1.165) is 0 Å². The zero-order valence-electron chi connectivity index (χ0n) is 14.2. The van der Waals surface area contributed by atoms with Crippen LogP contribution in [0.5, 0.6) is 0 Å². The topological polar surface area (TPSA) is 0 Å². The van der Waals surface area contributed by atoms with Crippen LogP contribution in [0, 0.1) is 0 Å². The molecule has 3 heteroatoms. The Balaban J connectivity index is 1.84. The second-order valence-corrected chi connectivity index (χ2v) is 10.1. The van der Waals surface area contributed by atoms with Crippen molar-refractivity contribution in [3.63, 3.8) is 0 Å². The molecule has 3 heterocycles. The van der Waals surface area contributed by atoms with E-state index in [-0.39, 0.29) is 0 Å². The summed E-state index contributed by atoms with van der Waals surface area (Å²) in [6.07, 6.45) is 0. The lowest BCUT2D eigenvalue weighted by molar-refractivity contribution is 1.87. The summed E-state index contributed by atoms with van der Waals surface area (Å²) in [5.41, 5.74) is 0. The van der Waals surface area contributed by atoms with Gasteiger partial charge in [0.2, 0.25) is 0 Å². The Hall–Kier alpha value is -2.46. The third kappa shape index (κ3) is 1.82. The van der Waals surface area contributed by atoms with Crippen LogP contribution in [0.2, 0.25) is 0 Å². The summed E-state index contributed by atoms with van der Waals surface area (Å²) in [5.74, 6) is 0. The second kappa shape index (κ2) is 5.08. The molecule has 3 aromatic heterocycles. The molecule has 0 fully saturated rings. The summed E-state index contributed by atoms with van der Waals surface area (Å²) in [4.78, 5) is 0. The molecule has 0 saturated heterocycles. The van der Waals surface area contributed by atoms with E-state index < -0.39 is 0 Å². The lowest BCUT2D eigenvalue weighted by Crippen LogP contribution is -1.72. The van der Waals surface area contributed by atoms with Crippen molar-refractivity contribution in [3.05, 3.63) is 72.8 Å². The molecule has 0 radical (unpaired) electrons. The highest BCUT2D eigenvalue weighted by molar-refractivity contribution is 7.30. The zero-order valence-corrected chi connectivity index (χ0v) is 16.6. The normalized spacial score (nSPS) is 12.4. The summed E-state index contributed by atoms with van der Waals surface area (Å²) in [6, 6.07) is 26.9. The number of hydrogen-bond acceptors (Lipinski definition) is 3. The fraction of sp³-hybridized carbons (Fsp3) is 0. The number of benzene rings is 4. The maximum absolute atomic E-state index is 2.32. The fourth-order valence-electron chi connectivity index (χ4n) is 4.34. The first-order valence-electron chi connectivity index (χ1n) is 8.95. The van der Waals surface area contributed by atoms with Crippen molar-refractivity contribution in [2.24, 2.45) is 0 Å². The molecular formula is C24H12S3. The molecule has 0 bridgehead atoms. The van der Waals surface area contributed by atoms with Crippen molar-refractivity contribution < 1.29 is 0 Å². The van der Waals surface area contributed by atoms with Gasteiger partial charge in [-0.3, -0.25) is 0 Å². The third-order valence-corrected chi connectivity index (χ3v) is 8.94. The minimum absolute atomic E-state index is 1.38. The predicted molar refractivity (Wildman–Crippen MR) is 125 cm³/mol. The van der Waals surface area contributed by atoms with Gasteiger partial charge in [0.05, 0.1) is 0 Å². The average molecular weight is 397 g/mol. The second-order valence-electron chi connectivity index (χ2n) is 6.93. The quantitative estimate of drug-likeness (QED) is 0.240. The Morgan fingerprint density at radius 2 is 0.963 bits per heavy atom. The minimum Gasteiger partial charge on any atom is -0.135 e. The molecule has 0 spiro atoms. The average Bonchev–Trinajstić information content (AvgIpc) is 3.37. The van der Waals surface area contributed by atoms with Crippen LogP contribution in [-0.4, -0.2) is 0 Å². The maximum atomic E-state index is 2.32. The minimum atomic E-state index is 1.38. The zero-order chi connectivity index (χ0) is 17.5. The smallest absolute Gasteiger partial charge is 0.0448 e. The van der Waals surface area contributed by atoms with Crippen molar-refractivity contribution in [1.82, 2.24) is 0 Å². The van der Waals surface area contributed by atoms with Gasteiger partial charge in [-0.15, -0.1) is 34.0 Å². The number of thiophene rings is 3. The first-order chi connectivity index (χ1) is 13.4. The van der Waals surface area contributed by atoms with Gasteiger partial charge in [0.15, 0.2) is 0 Å². The molecular weight excluding hydrogens is 384 g/mol. The van der Waals surface area contributed by atoms with Gasteiger partial charge in [-0.1, -0.05) is 42.5 Å². The van der Waals surface area contributed by atoms with Crippen LogP contribution in [0.25, 0.3) is 60.5 Å². The van der Waals surface area contributed by atoms with Gasteiger partial charge < -0.3 is 0 Å². The Morgan fingerprint density at radius 1 is 0.370 bits per heavy atom. The summed E-state index contributed by atoms with van der Waals surface area (Å²) < 4.78 is 8.37. The SMILES string of the molecule is c1ccc2c(c1)sc1c2ccc2sc3ccc4sc5ccccc5c4c3c21. The van der Waals surface area contributed by atoms with Gasteiger partial charge in [-0.05, 0) is 30.3 Å². The highest BCUT2D eigenvalue weighted by Crippen LogP contribution is 2.48. The molecule has 27 heavy (non-hydrogen) atoms. The van der Waals surface area contributed by atoms with Crippen LogP contribution in [0.15, 0.2) is 72.8 Å². The predicted octanol–water partition coefficient (Wildman–Crippen LogP) is 8.79. The van der Waals surface area contributed by atoms with E-state index in [1.165, 1.54) is 60.5 Å². The lowest BCUT2D eigenvalue weighted by Gasteiger charge is -1.98. The molecule has 0 atom stereocenters. The van der Waals surface area contributed by atoms with Crippen LogP contribution in [0.1, 0.15) is 0 Å². The third-order valence-electron chi connectivity index (χ3n) is 5.48. The summed E-state index contributed by atoms with van der Waals surface area (Å²) >= 11 is 5.77. The van der Waals surface area contributed by atoms with Crippen LogP contribution >= 0.6 is 34.0 Å². The molecule has 0 aliphatic rings. The van der Waals surface area contributed by atoms with E-state index >= 15 is 0 Å². The van der Waals surface area contributed by atoms with Crippen LogP contribution in [0.3, 0.4) is 0 Å². The van der Waals surface area contributed by atoms with E-state index in [4.69, 9.17) is 0 Å². The van der Waals surface area contributed by atoms with Gasteiger partial charge >= 0.3 is 0 Å². The Labute approximate surface area is 166 Å². The molecule has 0 amide bonds. The molecule has 0 aliphatic carbocycles. The lowest BCUT2D eigenvalue weighted by atomic mass is 10.0. The van der Waals surface area contributed by atoms with Gasteiger partial charge in [0.1, 0.15) is 0 Å².